The fourth-order valence-corrected chi connectivity index (χ4v) is 2.65. The van der Waals surface area contributed by atoms with Crippen molar-refractivity contribution in [3.63, 3.8) is 0 Å². The van der Waals surface area contributed by atoms with Gasteiger partial charge in [-0.25, -0.2) is 4.68 Å². The van der Waals surface area contributed by atoms with Crippen LogP contribution in [0.5, 0.6) is 0 Å². The molecule has 0 aliphatic rings. The van der Waals surface area contributed by atoms with Crippen molar-refractivity contribution in [2.75, 3.05) is 0 Å². The molecule has 2 aromatic carbocycles. The van der Waals surface area contributed by atoms with Crippen LogP contribution in [0.15, 0.2) is 60.7 Å². The summed E-state index contributed by atoms with van der Waals surface area (Å²) in [5.41, 5.74) is 2.48. The SMILES string of the molecule is CC(C)[C@@H](C)NC(=O)c1cc(-c2ccccc2)nn1-c1ccc([N+](=O)[O-])cc1. The molecule has 0 saturated heterocycles. The van der Waals surface area contributed by atoms with Crippen molar-refractivity contribution in [1.82, 2.24) is 15.1 Å². The highest BCUT2D eigenvalue weighted by atomic mass is 16.6. The summed E-state index contributed by atoms with van der Waals surface area (Å²) in [6.07, 6.45) is 0. The number of hydrogen-bond acceptors (Lipinski definition) is 4. The number of aromatic nitrogens is 2. The lowest BCUT2D eigenvalue weighted by molar-refractivity contribution is -0.384. The smallest absolute Gasteiger partial charge is 0.270 e. The number of carbonyl (C=O) groups excluding carboxylic acids is 1. The van der Waals surface area contributed by atoms with Gasteiger partial charge in [-0.1, -0.05) is 44.2 Å². The second-order valence-electron chi connectivity index (χ2n) is 6.97. The molecule has 3 rings (SSSR count). The molecule has 1 N–H and O–H groups in total. The molecule has 0 aliphatic heterocycles. The molecule has 1 amide bonds. The highest BCUT2D eigenvalue weighted by Gasteiger charge is 2.20. The minimum absolute atomic E-state index is 0.00659. The van der Waals surface area contributed by atoms with Gasteiger partial charge in [-0.2, -0.15) is 5.10 Å². The molecule has 1 atom stereocenters. The number of nitro benzene ring substituents is 1. The Morgan fingerprint density at radius 3 is 2.29 bits per heavy atom. The summed E-state index contributed by atoms with van der Waals surface area (Å²) in [6.45, 7) is 6.02. The Labute approximate surface area is 163 Å². The van der Waals surface area contributed by atoms with Crippen LogP contribution in [0.4, 0.5) is 5.69 Å². The van der Waals surface area contributed by atoms with Crippen LogP contribution in [-0.4, -0.2) is 26.7 Å². The summed E-state index contributed by atoms with van der Waals surface area (Å²) in [7, 11) is 0. The molecule has 7 nitrogen and oxygen atoms in total. The minimum atomic E-state index is -0.458. The fourth-order valence-electron chi connectivity index (χ4n) is 2.65. The molecule has 0 bridgehead atoms. The zero-order chi connectivity index (χ0) is 20.3. The molecule has 0 saturated carbocycles. The van der Waals surface area contributed by atoms with Crippen molar-refractivity contribution in [1.29, 1.82) is 0 Å². The molecule has 28 heavy (non-hydrogen) atoms. The van der Waals surface area contributed by atoms with Gasteiger partial charge in [0, 0.05) is 23.7 Å². The average Bonchev–Trinajstić information content (AvgIpc) is 3.14. The summed E-state index contributed by atoms with van der Waals surface area (Å²) in [4.78, 5) is 23.4. The third-order valence-electron chi connectivity index (χ3n) is 4.68. The molecule has 0 aliphatic carbocycles. The van der Waals surface area contributed by atoms with Crippen LogP contribution in [-0.2, 0) is 0 Å². The van der Waals surface area contributed by atoms with E-state index in [1.807, 2.05) is 51.1 Å². The molecule has 7 heteroatoms. The van der Waals surface area contributed by atoms with Crippen molar-refractivity contribution < 1.29 is 9.72 Å². The van der Waals surface area contributed by atoms with E-state index in [1.165, 1.54) is 16.8 Å². The lowest BCUT2D eigenvalue weighted by Crippen LogP contribution is -2.37. The van der Waals surface area contributed by atoms with E-state index in [2.05, 4.69) is 10.4 Å². The second kappa shape index (κ2) is 8.04. The highest BCUT2D eigenvalue weighted by Crippen LogP contribution is 2.23. The van der Waals surface area contributed by atoms with Crippen LogP contribution in [0.25, 0.3) is 16.9 Å². The fraction of sp³-hybridized carbons (Fsp3) is 0.238. The largest absolute Gasteiger partial charge is 0.348 e. The van der Waals surface area contributed by atoms with Crippen LogP contribution < -0.4 is 5.32 Å². The maximum absolute atomic E-state index is 12.9. The number of nitro groups is 1. The lowest BCUT2D eigenvalue weighted by atomic mass is 10.1. The quantitative estimate of drug-likeness (QED) is 0.513. The Bertz CT molecular complexity index is 979. The number of rotatable bonds is 6. The number of non-ortho nitro benzene ring substituents is 1. The summed E-state index contributed by atoms with van der Waals surface area (Å²) < 4.78 is 1.52. The number of benzene rings is 2. The van der Waals surface area contributed by atoms with Gasteiger partial charge in [0.1, 0.15) is 5.69 Å². The molecule has 0 fully saturated rings. The van der Waals surface area contributed by atoms with Crippen molar-refractivity contribution in [2.45, 2.75) is 26.8 Å². The van der Waals surface area contributed by atoms with Gasteiger partial charge in [0.15, 0.2) is 0 Å². The normalized spacial score (nSPS) is 12.0. The summed E-state index contributed by atoms with van der Waals surface area (Å²) in [6, 6.07) is 17.3. The first-order chi connectivity index (χ1) is 13.4. The average molecular weight is 378 g/mol. The molecule has 144 valence electrons. The van der Waals surface area contributed by atoms with Gasteiger partial charge in [0.2, 0.25) is 0 Å². The molecule has 3 aromatic rings. The van der Waals surface area contributed by atoms with Gasteiger partial charge < -0.3 is 5.32 Å². The van der Waals surface area contributed by atoms with E-state index in [4.69, 9.17) is 0 Å². The Kier molecular flexibility index (Phi) is 5.54. The summed E-state index contributed by atoms with van der Waals surface area (Å²) >= 11 is 0. The first-order valence-electron chi connectivity index (χ1n) is 9.08. The summed E-state index contributed by atoms with van der Waals surface area (Å²) in [5.74, 6) is 0.0440. The summed E-state index contributed by atoms with van der Waals surface area (Å²) in [5, 5.41) is 18.5. The molecule has 1 aromatic heterocycles. The van der Waals surface area contributed by atoms with Gasteiger partial charge in [-0.3, -0.25) is 14.9 Å². The van der Waals surface area contributed by atoms with E-state index >= 15 is 0 Å². The van der Waals surface area contributed by atoms with E-state index < -0.39 is 4.92 Å². The number of amides is 1. The third-order valence-corrected chi connectivity index (χ3v) is 4.68. The van der Waals surface area contributed by atoms with E-state index in [1.54, 1.807) is 18.2 Å². The Hall–Kier alpha value is -3.48. The number of nitrogens with one attached hydrogen (secondary N) is 1. The van der Waals surface area contributed by atoms with Gasteiger partial charge in [0.25, 0.3) is 11.6 Å². The zero-order valence-corrected chi connectivity index (χ0v) is 16.0. The second-order valence-corrected chi connectivity index (χ2v) is 6.97. The maximum atomic E-state index is 12.9. The van der Waals surface area contributed by atoms with Gasteiger partial charge in [-0.15, -0.1) is 0 Å². The predicted molar refractivity (Wildman–Crippen MR) is 107 cm³/mol. The van der Waals surface area contributed by atoms with Crippen LogP contribution in [0, 0.1) is 16.0 Å². The van der Waals surface area contributed by atoms with Crippen LogP contribution in [0.2, 0.25) is 0 Å². The molecule has 0 spiro atoms. The number of nitrogens with zero attached hydrogens (tertiary/aromatic N) is 3. The molecule has 1 heterocycles. The Morgan fingerprint density at radius 2 is 1.71 bits per heavy atom. The van der Waals surface area contributed by atoms with E-state index in [-0.39, 0.29) is 23.6 Å². The number of carbonyl (C=O) groups is 1. The lowest BCUT2D eigenvalue weighted by Gasteiger charge is -2.17. The van der Waals surface area contributed by atoms with Gasteiger partial charge in [0.05, 0.1) is 16.3 Å². The van der Waals surface area contributed by atoms with Crippen LogP contribution in [0.3, 0.4) is 0 Å². The van der Waals surface area contributed by atoms with Crippen LogP contribution >= 0.6 is 0 Å². The van der Waals surface area contributed by atoms with Gasteiger partial charge >= 0.3 is 0 Å². The predicted octanol–water partition coefficient (Wildman–Crippen LogP) is 4.22. The molecular weight excluding hydrogens is 356 g/mol. The standard InChI is InChI=1S/C21H22N4O3/c1-14(2)15(3)22-21(26)20-13-19(16-7-5-4-6-8-16)23-24(20)17-9-11-18(12-10-17)25(27)28/h4-15H,1-3H3,(H,22,26)/t15-/m1/s1. The van der Waals surface area contributed by atoms with E-state index in [0.29, 0.717) is 17.1 Å². The van der Waals surface area contributed by atoms with Crippen molar-refractivity contribution in [2.24, 2.45) is 5.92 Å². The first-order valence-corrected chi connectivity index (χ1v) is 9.08. The highest BCUT2D eigenvalue weighted by molar-refractivity contribution is 5.94. The van der Waals surface area contributed by atoms with Crippen molar-refractivity contribution in [3.8, 4) is 16.9 Å². The maximum Gasteiger partial charge on any atom is 0.270 e. The number of hydrogen-bond donors (Lipinski definition) is 1. The third kappa shape index (κ3) is 4.09. The zero-order valence-electron chi connectivity index (χ0n) is 16.0. The minimum Gasteiger partial charge on any atom is -0.348 e. The molecule has 0 unspecified atom stereocenters. The van der Waals surface area contributed by atoms with Crippen molar-refractivity contribution >= 4 is 11.6 Å². The molecular formula is C21H22N4O3. The van der Waals surface area contributed by atoms with Crippen LogP contribution in [0.1, 0.15) is 31.3 Å². The van der Waals surface area contributed by atoms with E-state index in [0.717, 1.165) is 5.56 Å². The Balaban J connectivity index is 2.04. The van der Waals surface area contributed by atoms with Gasteiger partial charge in [-0.05, 0) is 31.0 Å². The monoisotopic (exact) mass is 378 g/mol. The topological polar surface area (TPSA) is 90.1 Å². The van der Waals surface area contributed by atoms with E-state index in [9.17, 15) is 14.9 Å². The Morgan fingerprint density at radius 1 is 1.07 bits per heavy atom. The first kappa shape index (κ1) is 19.3. The van der Waals surface area contributed by atoms with Crippen molar-refractivity contribution in [3.05, 3.63) is 76.5 Å². The molecule has 0 radical (unpaired) electrons.